The van der Waals surface area contributed by atoms with E-state index in [2.05, 4.69) is 23.7 Å². The van der Waals surface area contributed by atoms with Gasteiger partial charge in [0, 0.05) is 30.4 Å². The molecule has 38 heavy (non-hydrogen) atoms. The Morgan fingerprint density at radius 2 is 1.92 bits per heavy atom. The van der Waals surface area contributed by atoms with E-state index in [0.717, 1.165) is 18.7 Å². The number of fused-ring (bicyclic) bond motifs is 1. The summed E-state index contributed by atoms with van der Waals surface area (Å²) >= 11 is 0. The molecule has 1 amide bonds. The second kappa shape index (κ2) is 10.1. The molecule has 2 aliphatic heterocycles. The Kier molecular flexibility index (Phi) is 6.94. The topological polar surface area (TPSA) is 93.0 Å². The number of hydrogen-bond donors (Lipinski definition) is 1. The number of rotatable bonds is 4. The third-order valence-electron chi connectivity index (χ3n) is 7.22. The van der Waals surface area contributed by atoms with E-state index in [4.69, 9.17) is 14.5 Å². The molecule has 0 spiro atoms. The van der Waals surface area contributed by atoms with Crippen LogP contribution in [0.25, 0.3) is 22.4 Å². The minimum atomic E-state index is -0.605. The van der Waals surface area contributed by atoms with Crippen molar-refractivity contribution in [3.8, 4) is 17.1 Å². The number of benzene rings is 1. The standard InChI is InChI=1S/C28H36FN5O4/c1-17-6-7-18(2)34(17)23-11-8-19(14-30-23)26-31-24-21(29)9-10-22(35)25(24)33(26)16-20-15-32(12-13-37-20)27(36)38-28(3,4)5/h8-11,14,17-18,20,35H,6-7,12-13,15-16H2,1-5H3/t17-,18-,20-/m0/s1. The molecule has 2 saturated heterocycles. The lowest BCUT2D eigenvalue weighted by Crippen LogP contribution is -2.48. The first-order chi connectivity index (χ1) is 18.0. The van der Waals surface area contributed by atoms with Gasteiger partial charge in [0.05, 0.1) is 25.8 Å². The van der Waals surface area contributed by atoms with Gasteiger partial charge in [-0.3, -0.25) is 0 Å². The Morgan fingerprint density at radius 1 is 1.18 bits per heavy atom. The Hall–Kier alpha value is -3.40. The zero-order valence-electron chi connectivity index (χ0n) is 22.6. The molecular weight excluding hydrogens is 489 g/mol. The van der Waals surface area contributed by atoms with Gasteiger partial charge in [-0.25, -0.2) is 19.2 Å². The fourth-order valence-corrected chi connectivity index (χ4v) is 5.43. The number of phenols is 1. The van der Waals surface area contributed by atoms with E-state index in [1.165, 1.54) is 12.1 Å². The van der Waals surface area contributed by atoms with E-state index < -0.39 is 23.6 Å². The number of aromatic nitrogens is 3. The van der Waals surface area contributed by atoms with Crippen molar-refractivity contribution in [3.63, 3.8) is 0 Å². The second-order valence-corrected chi connectivity index (χ2v) is 11.3. The van der Waals surface area contributed by atoms with Gasteiger partial charge >= 0.3 is 6.09 Å². The number of morpholine rings is 1. The van der Waals surface area contributed by atoms with Crippen molar-refractivity contribution in [2.75, 3.05) is 24.6 Å². The van der Waals surface area contributed by atoms with Gasteiger partial charge in [0.15, 0.2) is 5.82 Å². The highest BCUT2D eigenvalue weighted by atomic mass is 19.1. The van der Waals surface area contributed by atoms with Crippen molar-refractivity contribution in [3.05, 3.63) is 36.3 Å². The van der Waals surface area contributed by atoms with Crippen molar-refractivity contribution in [1.29, 1.82) is 0 Å². The normalized spacial score (nSPS) is 22.3. The summed E-state index contributed by atoms with van der Waals surface area (Å²) in [6.07, 6.45) is 3.18. The lowest BCUT2D eigenvalue weighted by molar-refractivity contribution is -0.0468. The maximum atomic E-state index is 14.8. The fraction of sp³-hybridized carbons (Fsp3) is 0.536. The van der Waals surface area contributed by atoms with Gasteiger partial charge in [-0.1, -0.05) is 0 Å². The minimum Gasteiger partial charge on any atom is -0.506 e. The fourth-order valence-electron chi connectivity index (χ4n) is 5.43. The number of halogens is 1. The summed E-state index contributed by atoms with van der Waals surface area (Å²) in [7, 11) is 0. The molecule has 4 heterocycles. The molecule has 1 aromatic carbocycles. The van der Waals surface area contributed by atoms with Crippen molar-refractivity contribution in [1.82, 2.24) is 19.4 Å². The summed E-state index contributed by atoms with van der Waals surface area (Å²) in [5.74, 6) is 0.762. The maximum Gasteiger partial charge on any atom is 0.410 e. The van der Waals surface area contributed by atoms with E-state index in [9.17, 15) is 14.3 Å². The molecule has 204 valence electrons. The summed E-state index contributed by atoms with van der Waals surface area (Å²) in [5.41, 5.74) is 0.448. The van der Waals surface area contributed by atoms with E-state index in [1.54, 1.807) is 15.7 Å². The molecule has 2 aliphatic rings. The highest BCUT2D eigenvalue weighted by Crippen LogP contribution is 2.34. The van der Waals surface area contributed by atoms with Crippen LogP contribution >= 0.6 is 0 Å². The van der Waals surface area contributed by atoms with Crippen LogP contribution in [0.2, 0.25) is 0 Å². The van der Waals surface area contributed by atoms with Gasteiger partial charge < -0.3 is 28.9 Å². The quantitative estimate of drug-likeness (QED) is 0.515. The van der Waals surface area contributed by atoms with Crippen LogP contribution in [0.15, 0.2) is 30.5 Å². The first-order valence-corrected chi connectivity index (χ1v) is 13.2. The number of imidazole rings is 1. The highest BCUT2D eigenvalue weighted by Gasteiger charge is 2.31. The number of carbonyl (C=O) groups excluding carboxylic acids is 1. The van der Waals surface area contributed by atoms with Gasteiger partial charge in [0.1, 0.15) is 34.0 Å². The lowest BCUT2D eigenvalue weighted by atomic mass is 10.2. The van der Waals surface area contributed by atoms with E-state index in [1.807, 2.05) is 32.9 Å². The summed E-state index contributed by atoms with van der Waals surface area (Å²) in [6, 6.07) is 7.26. The molecule has 0 unspecified atom stereocenters. The van der Waals surface area contributed by atoms with Crippen LogP contribution in [0.5, 0.6) is 5.75 Å². The Labute approximate surface area is 222 Å². The zero-order valence-corrected chi connectivity index (χ0v) is 22.6. The SMILES string of the molecule is C[C@H]1CC[C@H](C)N1c1ccc(-c2nc3c(F)ccc(O)c3n2C[C@@H]2CN(C(=O)OC(C)(C)C)CCO2)cn1. The third kappa shape index (κ3) is 5.14. The number of hydrogen-bond acceptors (Lipinski definition) is 7. The third-order valence-corrected chi connectivity index (χ3v) is 7.22. The smallest absolute Gasteiger partial charge is 0.410 e. The monoisotopic (exact) mass is 525 g/mol. The average molecular weight is 526 g/mol. The summed E-state index contributed by atoms with van der Waals surface area (Å²) in [6.45, 7) is 11.2. The molecule has 0 saturated carbocycles. The van der Waals surface area contributed by atoms with Crippen LogP contribution in [0, 0.1) is 5.82 Å². The molecule has 1 N–H and O–H groups in total. The largest absolute Gasteiger partial charge is 0.506 e. The molecule has 0 bridgehead atoms. The predicted molar refractivity (Wildman–Crippen MR) is 143 cm³/mol. The van der Waals surface area contributed by atoms with E-state index in [0.29, 0.717) is 43.2 Å². The Morgan fingerprint density at radius 3 is 2.58 bits per heavy atom. The zero-order chi connectivity index (χ0) is 27.2. The Bertz CT molecular complexity index is 1310. The second-order valence-electron chi connectivity index (χ2n) is 11.3. The number of anilines is 1. The minimum absolute atomic E-state index is 0.0747. The molecule has 9 nitrogen and oxygen atoms in total. The maximum absolute atomic E-state index is 14.8. The van der Waals surface area contributed by atoms with Crippen molar-refractivity contribution in [2.45, 2.75) is 77.8 Å². The molecule has 10 heteroatoms. The van der Waals surface area contributed by atoms with Gasteiger partial charge in [0.25, 0.3) is 0 Å². The number of phenolic OH excluding ortho intramolecular Hbond substituents is 1. The van der Waals surface area contributed by atoms with Crippen LogP contribution in [0.3, 0.4) is 0 Å². The molecule has 3 atom stereocenters. The molecule has 5 rings (SSSR count). The van der Waals surface area contributed by atoms with Gasteiger partial charge in [-0.2, -0.15) is 0 Å². The van der Waals surface area contributed by atoms with Crippen molar-refractivity contribution >= 4 is 22.9 Å². The van der Waals surface area contributed by atoms with Gasteiger partial charge in [0.2, 0.25) is 0 Å². The summed E-state index contributed by atoms with van der Waals surface area (Å²) in [4.78, 5) is 25.9. The summed E-state index contributed by atoms with van der Waals surface area (Å²) in [5, 5.41) is 10.7. The van der Waals surface area contributed by atoms with E-state index in [-0.39, 0.29) is 23.3 Å². The molecule has 2 aromatic heterocycles. The number of carbonyl (C=O) groups is 1. The van der Waals surface area contributed by atoms with Crippen LogP contribution in [0.4, 0.5) is 15.0 Å². The first-order valence-electron chi connectivity index (χ1n) is 13.2. The molecule has 0 radical (unpaired) electrons. The number of pyridine rings is 1. The number of ether oxygens (including phenoxy) is 2. The molecule has 0 aliphatic carbocycles. The van der Waals surface area contributed by atoms with Crippen LogP contribution in [0.1, 0.15) is 47.5 Å². The van der Waals surface area contributed by atoms with Crippen LogP contribution < -0.4 is 4.90 Å². The number of nitrogens with zero attached hydrogens (tertiary/aromatic N) is 5. The average Bonchev–Trinajstić information content (AvgIpc) is 3.41. The highest BCUT2D eigenvalue weighted by molar-refractivity contribution is 5.86. The van der Waals surface area contributed by atoms with Gasteiger partial charge in [-0.15, -0.1) is 0 Å². The first kappa shape index (κ1) is 26.2. The molecule has 3 aromatic rings. The number of amides is 1. The predicted octanol–water partition coefficient (Wildman–Crippen LogP) is 4.96. The molecular formula is C28H36FN5O4. The van der Waals surface area contributed by atoms with Gasteiger partial charge in [-0.05, 0) is 71.7 Å². The van der Waals surface area contributed by atoms with Crippen molar-refractivity contribution in [2.24, 2.45) is 0 Å². The van der Waals surface area contributed by atoms with Crippen LogP contribution in [-0.2, 0) is 16.0 Å². The number of aromatic hydroxyl groups is 1. The van der Waals surface area contributed by atoms with Crippen LogP contribution in [-0.4, -0.2) is 74.1 Å². The Balaban J connectivity index is 1.47. The lowest BCUT2D eigenvalue weighted by Gasteiger charge is -2.34. The molecule has 2 fully saturated rings. The van der Waals surface area contributed by atoms with Crippen molar-refractivity contribution < 1.29 is 23.8 Å². The van der Waals surface area contributed by atoms with E-state index >= 15 is 0 Å². The summed E-state index contributed by atoms with van der Waals surface area (Å²) < 4.78 is 28.1.